The van der Waals surface area contributed by atoms with E-state index in [0.29, 0.717) is 13.1 Å². The van der Waals surface area contributed by atoms with E-state index >= 15 is 0 Å². The SMILES string of the molecule is O=[N+]([O-])c1ccc(CNCc2nccs2)cc1. The Labute approximate surface area is 102 Å². The highest BCUT2D eigenvalue weighted by molar-refractivity contribution is 7.09. The van der Waals surface area contributed by atoms with Crippen molar-refractivity contribution in [3.8, 4) is 0 Å². The normalized spacial score (nSPS) is 10.4. The summed E-state index contributed by atoms with van der Waals surface area (Å²) in [6.07, 6.45) is 1.77. The first-order chi connectivity index (χ1) is 8.25. The number of hydrogen-bond acceptors (Lipinski definition) is 5. The van der Waals surface area contributed by atoms with Gasteiger partial charge in [0.05, 0.1) is 4.92 Å². The minimum atomic E-state index is -0.396. The number of non-ortho nitro benzene ring substituents is 1. The van der Waals surface area contributed by atoms with Crippen LogP contribution in [0.1, 0.15) is 10.6 Å². The lowest BCUT2D eigenvalue weighted by Gasteiger charge is -2.02. The fourth-order valence-corrected chi connectivity index (χ4v) is 1.98. The smallest absolute Gasteiger partial charge is 0.269 e. The summed E-state index contributed by atoms with van der Waals surface area (Å²) >= 11 is 1.60. The Morgan fingerprint density at radius 3 is 2.65 bits per heavy atom. The molecule has 0 bridgehead atoms. The molecular formula is C11H11N3O2S. The second-order valence-electron chi connectivity index (χ2n) is 3.45. The third-order valence-corrected chi connectivity index (χ3v) is 3.02. The monoisotopic (exact) mass is 249 g/mol. The molecule has 2 aromatic rings. The molecule has 2 rings (SSSR count). The molecule has 0 unspecified atom stereocenters. The Morgan fingerprint density at radius 2 is 2.06 bits per heavy atom. The lowest BCUT2D eigenvalue weighted by Crippen LogP contribution is -2.12. The molecule has 0 aliphatic carbocycles. The molecule has 17 heavy (non-hydrogen) atoms. The fourth-order valence-electron chi connectivity index (χ4n) is 1.39. The van der Waals surface area contributed by atoms with Gasteiger partial charge in [0.1, 0.15) is 5.01 Å². The van der Waals surface area contributed by atoms with E-state index < -0.39 is 4.92 Å². The van der Waals surface area contributed by atoms with Crippen molar-refractivity contribution in [2.75, 3.05) is 0 Å². The molecule has 0 fully saturated rings. The molecule has 1 aromatic heterocycles. The average Bonchev–Trinajstić information content (AvgIpc) is 2.83. The second-order valence-corrected chi connectivity index (χ2v) is 4.43. The lowest BCUT2D eigenvalue weighted by molar-refractivity contribution is -0.384. The van der Waals surface area contributed by atoms with E-state index in [1.807, 2.05) is 5.38 Å². The van der Waals surface area contributed by atoms with Crippen LogP contribution < -0.4 is 5.32 Å². The molecular weight excluding hydrogens is 238 g/mol. The molecule has 0 amide bonds. The second kappa shape index (κ2) is 5.51. The largest absolute Gasteiger partial charge is 0.306 e. The number of thiazole rings is 1. The van der Waals surface area contributed by atoms with E-state index in [2.05, 4.69) is 10.3 Å². The zero-order valence-corrected chi connectivity index (χ0v) is 9.81. The van der Waals surface area contributed by atoms with E-state index in [9.17, 15) is 10.1 Å². The van der Waals surface area contributed by atoms with Crippen LogP contribution in [-0.4, -0.2) is 9.91 Å². The molecule has 0 saturated heterocycles. The molecule has 88 valence electrons. The number of hydrogen-bond donors (Lipinski definition) is 1. The number of aromatic nitrogens is 1. The predicted octanol–water partition coefficient (Wildman–Crippen LogP) is 2.34. The predicted molar refractivity (Wildman–Crippen MR) is 65.8 cm³/mol. The molecule has 0 radical (unpaired) electrons. The van der Waals surface area contributed by atoms with Gasteiger partial charge in [-0.3, -0.25) is 10.1 Å². The fraction of sp³-hybridized carbons (Fsp3) is 0.182. The van der Waals surface area contributed by atoms with Crippen LogP contribution in [0.3, 0.4) is 0 Å². The quantitative estimate of drug-likeness (QED) is 0.652. The molecule has 0 aliphatic heterocycles. The lowest BCUT2D eigenvalue weighted by atomic mass is 10.2. The zero-order chi connectivity index (χ0) is 12.1. The number of nitrogens with one attached hydrogen (secondary N) is 1. The highest BCUT2D eigenvalue weighted by Crippen LogP contribution is 2.12. The molecule has 1 aromatic carbocycles. The van der Waals surface area contributed by atoms with Gasteiger partial charge in [0.25, 0.3) is 5.69 Å². The third-order valence-electron chi connectivity index (χ3n) is 2.24. The van der Waals surface area contributed by atoms with E-state index in [-0.39, 0.29) is 5.69 Å². The summed E-state index contributed by atoms with van der Waals surface area (Å²) in [4.78, 5) is 14.2. The topological polar surface area (TPSA) is 68.1 Å². The van der Waals surface area contributed by atoms with Crippen molar-refractivity contribution in [3.05, 3.63) is 56.5 Å². The van der Waals surface area contributed by atoms with Crippen LogP contribution in [0.15, 0.2) is 35.8 Å². The Hall–Kier alpha value is -1.79. The molecule has 0 atom stereocenters. The molecule has 5 nitrogen and oxygen atoms in total. The molecule has 6 heteroatoms. The van der Waals surface area contributed by atoms with Gasteiger partial charge in [-0.15, -0.1) is 11.3 Å². The Balaban J connectivity index is 1.85. The summed E-state index contributed by atoms with van der Waals surface area (Å²) in [6.45, 7) is 1.40. The van der Waals surface area contributed by atoms with Crippen molar-refractivity contribution < 1.29 is 4.92 Å². The average molecular weight is 249 g/mol. The van der Waals surface area contributed by atoms with Gasteiger partial charge in [0.15, 0.2) is 0 Å². The van der Waals surface area contributed by atoms with Gasteiger partial charge < -0.3 is 5.32 Å². The Bertz CT molecular complexity index is 482. The Kier molecular flexibility index (Phi) is 3.79. The van der Waals surface area contributed by atoms with Gasteiger partial charge in [-0.2, -0.15) is 0 Å². The van der Waals surface area contributed by atoms with E-state index in [4.69, 9.17) is 0 Å². The van der Waals surface area contributed by atoms with Crippen molar-refractivity contribution in [2.24, 2.45) is 0 Å². The standard InChI is InChI=1S/C11H11N3O2S/c15-14(16)10-3-1-9(2-4-10)7-12-8-11-13-5-6-17-11/h1-6,12H,7-8H2. The first-order valence-electron chi connectivity index (χ1n) is 5.08. The summed E-state index contributed by atoms with van der Waals surface area (Å²) in [5.74, 6) is 0. The first kappa shape index (κ1) is 11.7. The van der Waals surface area contributed by atoms with Gasteiger partial charge in [-0.25, -0.2) is 4.98 Å². The maximum absolute atomic E-state index is 10.5. The number of nitro benzene ring substituents is 1. The summed E-state index contributed by atoms with van der Waals surface area (Å²) in [5, 5.41) is 16.7. The molecule has 0 saturated carbocycles. The van der Waals surface area contributed by atoms with Gasteiger partial charge in [0.2, 0.25) is 0 Å². The van der Waals surface area contributed by atoms with Gasteiger partial charge in [-0.1, -0.05) is 12.1 Å². The van der Waals surface area contributed by atoms with Gasteiger partial charge in [0, 0.05) is 36.8 Å². The van der Waals surface area contributed by atoms with Crippen molar-refractivity contribution >= 4 is 17.0 Å². The maximum Gasteiger partial charge on any atom is 0.269 e. The number of benzene rings is 1. The van der Waals surface area contributed by atoms with Crippen LogP contribution in [0.4, 0.5) is 5.69 Å². The van der Waals surface area contributed by atoms with E-state index in [1.165, 1.54) is 12.1 Å². The van der Waals surface area contributed by atoms with Crippen molar-refractivity contribution in [1.82, 2.24) is 10.3 Å². The highest BCUT2D eigenvalue weighted by Gasteiger charge is 2.03. The van der Waals surface area contributed by atoms with Crippen molar-refractivity contribution in [3.63, 3.8) is 0 Å². The van der Waals surface area contributed by atoms with Crippen molar-refractivity contribution in [1.29, 1.82) is 0 Å². The number of nitro groups is 1. The van der Waals surface area contributed by atoms with Crippen LogP contribution in [0.25, 0.3) is 0 Å². The number of rotatable bonds is 5. The van der Waals surface area contributed by atoms with Crippen molar-refractivity contribution in [2.45, 2.75) is 13.1 Å². The van der Waals surface area contributed by atoms with E-state index in [1.54, 1.807) is 29.7 Å². The summed E-state index contributed by atoms with van der Waals surface area (Å²) in [7, 11) is 0. The molecule has 0 aliphatic rings. The van der Waals surface area contributed by atoms with Crippen LogP contribution in [0, 0.1) is 10.1 Å². The number of nitrogens with zero attached hydrogens (tertiary/aromatic N) is 2. The first-order valence-corrected chi connectivity index (χ1v) is 5.96. The summed E-state index contributed by atoms with van der Waals surface area (Å²) in [5.41, 5.74) is 1.14. The summed E-state index contributed by atoms with van der Waals surface area (Å²) < 4.78 is 0. The van der Waals surface area contributed by atoms with E-state index in [0.717, 1.165) is 10.6 Å². The van der Waals surface area contributed by atoms with Crippen LogP contribution in [0.2, 0.25) is 0 Å². The van der Waals surface area contributed by atoms with Crippen LogP contribution in [-0.2, 0) is 13.1 Å². The van der Waals surface area contributed by atoms with Crippen LogP contribution >= 0.6 is 11.3 Å². The summed E-state index contributed by atoms with van der Waals surface area (Å²) in [6, 6.07) is 6.54. The minimum absolute atomic E-state index is 0.119. The van der Waals surface area contributed by atoms with Gasteiger partial charge >= 0.3 is 0 Å². The highest BCUT2D eigenvalue weighted by atomic mass is 32.1. The Morgan fingerprint density at radius 1 is 1.29 bits per heavy atom. The minimum Gasteiger partial charge on any atom is -0.306 e. The maximum atomic E-state index is 10.5. The molecule has 0 spiro atoms. The third kappa shape index (κ3) is 3.33. The van der Waals surface area contributed by atoms with Crippen LogP contribution in [0.5, 0.6) is 0 Å². The molecule has 1 heterocycles. The van der Waals surface area contributed by atoms with Gasteiger partial charge in [-0.05, 0) is 5.56 Å². The molecule has 1 N–H and O–H groups in total. The zero-order valence-electron chi connectivity index (χ0n) is 9.00.